The molecule has 1 aliphatic rings. The highest BCUT2D eigenvalue weighted by Crippen LogP contribution is 2.47. The number of ketones is 1. The summed E-state index contributed by atoms with van der Waals surface area (Å²) in [5.74, 6) is 0.473. The van der Waals surface area contributed by atoms with E-state index in [0.29, 0.717) is 11.5 Å². The van der Waals surface area contributed by atoms with Gasteiger partial charge in [0.25, 0.3) is 0 Å². The predicted octanol–water partition coefficient (Wildman–Crippen LogP) is 3.63. The predicted molar refractivity (Wildman–Crippen MR) is 82.4 cm³/mol. The molecular formula is C18H17NO2. The van der Waals surface area contributed by atoms with Crippen molar-refractivity contribution in [1.82, 2.24) is 0 Å². The number of Topliss-reactive ketones (excluding diaryl/α,β-unsaturated/α-hetero) is 1. The van der Waals surface area contributed by atoms with Gasteiger partial charge in [-0.1, -0.05) is 30.3 Å². The molecule has 0 aromatic heterocycles. The molecule has 2 aromatic carbocycles. The van der Waals surface area contributed by atoms with E-state index in [1.165, 1.54) is 12.5 Å². The van der Waals surface area contributed by atoms with Crippen LogP contribution in [0.15, 0.2) is 54.6 Å². The second-order valence-electron chi connectivity index (χ2n) is 5.48. The van der Waals surface area contributed by atoms with Crippen molar-refractivity contribution in [1.29, 1.82) is 0 Å². The molecule has 0 unspecified atom stereocenters. The molecule has 106 valence electrons. The number of rotatable bonds is 4. The van der Waals surface area contributed by atoms with Gasteiger partial charge in [0.15, 0.2) is 5.78 Å². The molecule has 3 nitrogen and oxygen atoms in total. The van der Waals surface area contributed by atoms with Crippen molar-refractivity contribution in [3.8, 4) is 0 Å². The van der Waals surface area contributed by atoms with Gasteiger partial charge in [0.05, 0.1) is 0 Å². The zero-order valence-electron chi connectivity index (χ0n) is 11.9. The highest BCUT2D eigenvalue weighted by atomic mass is 16.2. The van der Waals surface area contributed by atoms with E-state index in [9.17, 15) is 9.59 Å². The van der Waals surface area contributed by atoms with E-state index in [-0.39, 0.29) is 17.6 Å². The second-order valence-corrected chi connectivity index (χ2v) is 5.48. The summed E-state index contributed by atoms with van der Waals surface area (Å²) >= 11 is 0. The van der Waals surface area contributed by atoms with Crippen LogP contribution in [0, 0.1) is 5.92 Å². The van der Waals surface area contributed by atoms with Gasteiger partial charge in [-0.25, -0.2) is 0 Å². The topological polar surface area (TPSA) is 46.2 Å². The fourth-order valence-corrected chi connectivity index (χ4v) is 2.58. The number of carbonyl (C=O) groups is 2. The van der Waals surface area contributed by atoms with Crippen LogP contribution >= 0.6 is 0 Å². The Morgan fingerprint density at radius 1 is 1.00 bits per heavy atom. The Kier molecular flexibility index (Phi) is 3.57. The van der Waals surface area contributed by atoms with Crippen LogP contribution in [-0.2, 0) is 4.79 Å². The Hall–Kier alpha value is -2.42. The van der Waals surface area contributed by atoms with Crippen molar-refractivity contribution >= 4 is 17.4 Å². The minimum absolute atomic E-state index is 0.0270. The highest BCUT2D eigenvalue weighted by Gasteiger charge is 2.43. The summed E-state index contributed by atoms with van der Waals surface area (Å²) in [6, 6.07) is 17.1. The molecule has 3 rings (SSSR count). The summed E-state index contributed by atoms with van der Waals surface area (Å²) in [5.41, 5.74) is 2.62. The summed E-state index contributed by atoms with van der Waals surface area (Å²) in [5, 5.41) is 2.92. The minimum Gasteiger partial charge on any atom is -0.326 e. The van der Waals surface area contributed by atoms with Crippen molar-refractivity contribution in [2.75, 3.05) is 5.32 Å². The van der Waals surface area contributed by atoms with Gasteiger partial charge in [-0.15, -0.1) is 0 Å². The standard InChI is InChI=1S/C18H17NO2/c1-12(20)13-7-9-15(10-8-13)19-18(21)17-11-16(17)14-5-3-2-4-6-14/h2-10,16-17H,11H2,1H3,(H,19,21)/t16-,17+/m0/s1. The van der Waals surface area contributed by atoms with Crippen LogP contribution < -0.4 is 5.32 Å². The van der Waals surface area contributed by atoms with Gasteiger partial charge in [-0.2, -0.15) is 0 Å². The van der Waals surface area contributed by atoms with Gasteiger partial charge >= 0.3 is 0 Å². The number of hydrogen-bond acceptors (Lipinski definition) is 2. The average Bonchev–Trinajstić information content (AvgIpc) is 3.29. The Labute approximate surface area is 124 Å². The molecular weight excluding hydrogens is 262 g/mol. The normalized spacial score (nSPS) is 19.9. The number of amides is 1. The molecule has 1 aliphatic carbocycles. The first-order valence-corrected chi connectivity index (χ1v) is 7.12. The Balaban J connectivity index is 1.62. The Morgan fingerprint density at radius 3 is 2.29 bits per heavy atom. The monoisotopic (exact) mass is 279 g/mol. The molecule has 0 bridgehead atoms. The number of carbonyl (C=O) groups excluding carboxylic acids is 2. The Bertz CT molecular complexity index is 661. The molecule has 0 aliphatic heterocycles. The molecule has 0 saturated heterocycles. The number of benzene rings is 2. The van der Waals surface area contributed by atoms with Gasteiger partial charge in [0.2, 0.25) is 5.91 Å². The Morgan fingerprint density at radius 2 is 1.67 bits per heavy atom. The van der Waals surface area contributed by atoms with Crippen molar-refractivity contribution in [2.24, 2.45) is 5.92 Å². The molecule has 0 spiro atoms. The van der Waals surface area contributed by atoms with Gasteiger partial charge in [0, 0.05) is 17.2 Å². The fraction of sp³-hybridized carbons (Fsp3) is 0.222. The molecule has 1 fully saturated rings. The van der Waals surface area contributed by atoms with Gasteiger partial charge in [-0.05, 0) is 49.1 Å². The smallest absolute Gasteiger partial charge is 0.228 e. The first-order chi connectivity index (χ1) is 10.1. The number of nitrogens with one attached hydrogen (secondary N) is 1. The molecule has 2 aromatic rings. The summed E-state index contributed by atoms with van der Waals surface area (Å²) in [7, 11) is 0. The maximum absolute atomic E-state index is 12.2. The van der Waals surface area contributed by atoms with Crippen LogP contribution in [0.2, 0.25) is 0 Å². The lowest BCUT2D eigenvalue weighted by Crippen LogP contribution is -2.14. The van der Waals surface area contributed by atoms with E-state index >= 15 is 0 Å². The van der Waals surface area contributed by atoms with E-state index in [4.69, 9.17) is 0 Å². The lowest BCUT2D eigenvalue weighted by atomic mass is 10.1. The minimum atomic E-state index is 0.0270. The van der Waals surface area contributed by atoms with Crippen LogP contribution in [-0.4, -0.2) is 11.7 Å². The summed E-state index contributed by atoms with van der Waals surface area (Å²) in [4.78, 5) is 23.4. The summed E-state index contributed by atoms with van der Waals surface area (Å²) in [6.07, 6.45) is 0.904. The third-order valence-corrected chi connectivity index (χ3v) is 3.91. The van der Waals surface area contributed by atoms with E-state index in [1.54, 1.807) is 24.3 Å². The second kappa shape index (κ2) is 5.52. The van der Waals surface area contributed by atoms with Crippen LogP contribution in [0.25, 0.3) is 0 Å². The van der Waals surface area contributed by atoms with E-state index in [1.807, 2.05) is 18.2 Å². The highest BCUT2D eigenvalue weighted by molar-refractivity contribution is 5.97. The third-order valence-electron chi connectivity index (χ3n) is 3.91. The molecule has 1 saturated carbocycles. The van der Waals surface area contributed by atoms with Crippen molar-refractivity contribution in [3.05, 3.63) is 65.7 Å². The fourth-order valence-electron chi connectivity index (χ4n) is 2.58. The van der Waals surface area contributed by atoms with Crippen molar-refractivity contribution < 1.29 is 9.59 Å². The zero-order valence-corrected chi connectivity index (χ0v) is 11.9. The van der Waals surface area contributed by atoms with Crippen molar-refractivity contribution in [2.45, 2.75) is 19.3 Å². The number of hydrogen-bond donors (Lipinski definition) is 1. The first-order valence-electron chi connectivity index (χ1n) is 7.12. The third kappa shape index (κ3) is 3.02. The van der Waals surface area contributed by atoms with Crippen LogP contribution in [0.1, 0.15) is 35.2 Å². The molecule has 0 radical (unpaired) electrons. The SMILES string of the molecule is CC(=O)c1ccc(NC(=O)[C@@H]2C[C@H]2c2ccccc2)cc1. The summed E-state index contributed by atoms with van der Waals surface area (Å²) < 4.78 is 0. The lowest BCUT2D eigenvalue weighted by Gasteiger charge is -2.05. The van der Waals surface area contributed by atoms with Gasteiger partial charge in [-0.3, -0.25) is 9.59 Å². The van der Waals surface area contributed by atoms with Crippen molar-refractivity contribution in [3.63, 3.8) is 0 Å². The van der Waals surface area contributed by atoms with Crippen LogP contribution in [0.5, 0.6) is 0 Å². The summed E-state index contributed by atoms with van der Waals surface area (Å²) in [6.45, 7) is 1.53. The van der Waals surface area contributed by atoms with Gasteiger partial charge < -0.3 is 5.32 Å². The molecule has 1 amide bonds. The van der Waals surface area contributed by atoms with Gasteiger partial charge in [0.1, 0.15) is 0 Å². The average molecular weight is 279 g/mol. The van der Waals surface area contributed by atoms with E-state index in [2.05, 4.69) is 17.4 Å². The van der Waals surface area contributed by atoms with E-state index < -0.39 is 0 Å². The molecule has 2 atom stereocenters. The first kappa shape index (κ1) is 13.6. The maximum atomic E-state index is 12.2. The zero-order chi connectivity index (χ0) is 14.8. The molecule has 21 heavy (non-hydrogen) atoms. The van der Waals surface area contributed by atoms with E-state index in [0.717, 1.165) is 12.1 Å². The largest absolute Gasteiger partial charge is 0.326 e. The van der Waals surface area contributed by atoms with Crippen LogP contribution in [0.4, 0.5) is 5.69 Å². The number of anilines is 1. The molecule has 1 N–H and O–H groups in total. The molecule has 3 heteroatoms. The molecule has 0 heterocycles. The maximum Gasteiger partial charge on any atom is 0.228 e. The lowest BCUT2D eigenvalue weighted by molar-refractivity contribution is -0.117. The van der Waals surface area contributed by atoms with Crippen LogP contribution in [0.3, 0.4) is 0 Å². The quantitative estimate of drug-likeness (QED) is 0.869.